The number of rotatable bonds is 3. The van der Waals surface area contributed by atoms with E-state index >= 15 is 0 Å². The van der Waals surface area contributed by atoms with Gasteiger partial charge in [-0.3, -0.25) is 0 Å². The Bertz CT molecular complexity index is 2620. The molecule has 0 aliphatic heterocycles. The molecule has 218 valence electrons. The van der Waals surface area contributed by atoms with Gasteiger partial charge in [-0.2, -0.15) is 0 Å². The summed E-state index contributed by atoms with van der Waals surface area (Å²) in [7, 11) is 0. The van der Waals surface area contributed by atoms with Crippen LogP contribution in [0.2, 0.25) is 0 Å². The topological polar surface area (TPSA) is 0 Å². The Morgan fingerprint density at radius 2 is 0.915 bits per heavy atom. The molecule has 0 atom stereocenters. The van der Waals surface area contributed by atoms with Crippen molar-refractivity contribution in [3.8, 4) is 22.3 Å². The second-order valence-corrected chi connectivity index (χ2v) is 12.8. The van der Waals surface area contributed by atoms with E-state index < -0.39 is 5.41 Å². The third kappa shape index (κ3) is 3.59. The van der Waals surface area contributed by atoms with Gasteiger partial charge in [0.15, 0.2) is 0 Å². The van der Waals surface area contributed by atoms with Crippen molar-refractivity contribution in [1.82, 2.24) is 0 Å². The summed E-state index contributed by atoms with van der Waals surface area (Å²) in [6.45, 7) is 0. The van der Waals surface area contributed by atoms with Gasteiger partial charge in [-0.25, -0.2) is 0 Å². The Hall–Kier alpha value is -5.98. The van der Waals surface area contributed by atoms with Crippen LogP contribution in [0.5, 0.6) is 0 Å². The third-order valence-corrected chi connectivity index (χ3v) is 10.5. The molecule has 9 aromatic rings. The van der Waals surface area contributed by atoms with Gasteiger partial charge in [0.05, 0.1) is 5.41 Å². The lowest BCUT2D eigenvalue weighted by molar-refractivity contribution is 0.750. The van der Waals surface area contributed by atoms with E-state index in [1.54, 1.807) is 0 Å². The predicted molar refractivity (Wildman–Crippen MR) is 199 cm³/mol. The number of fused-ring (bicyclic) bond motifs is 6. The molecule has 10 rings (SSSR count). The summed E-state index contributed by atoms with van der Waals surface area (Å²) in [6, 6.07) is 67.7. The maximum Gasteiger partial charge on any atom is 0.0713 e. The van der Waals surface area contributed by atoms with Gasteiger partial charge in [0.1, 0.15) is 0 Å². The van der Waals surface area contributed by atoms with Gasteiger partial charge >= 0.3 is 0 Å². The summed E-state index contributed by atoms with van der Waals surface area (Å²) in [4.78, 5) is 0. The van der Waals surface area contributed by atoms with Crippen molar-refractivity contribution < 1.29 is 0 Å². The molecule has 9 aromatic carbocycles. The van der Waals surface area contributed by atoms with Crippen LogP contribution in [0.4, 0.5) is 0 Å². The number of hydrogen-bond acceptors (Lipinski definition) is 0. The van der Waals surface area contributed by atoms with Crippen molar-refractivity contribution in [3.05, 3.63) is 204 Å². The lowest BCUT2D eigenvalue weighted by atomic mass is 9.59. The highest BCUT2D eigenvalue weighted by Crippen LogP contribution is 2.56. The van der Waals surface area contributed by atoms with Crippen LogP contribution < -0.4 is 0 Å². The zero-order chi connectivity index (χ0) is 31.0. The molecule has 0 bridgehead atoms. The van der Waals surface area contributed by atoms with Crippen molar-refractivity contribution in [2.75, 3.05) is 0 Å². The van der Waals surface area contributed by atoms with Crippen molar-refractivity contribution in [2.24, 2.45) is 0 Å². The second kappa shape index (κ2) is 10.0. The SMILES string of the molecule is c1ccc(C2(c3ccccc3)c3ccccc3-c3cccc4c(-c5c6ccccc6cc6c5ccc5ccccc56)ccc2c34)cc1. The Balaban J connectivity index is 1.40. The summed E-state index contributed by atoms with van der Waals surface area (Å²) in [5.41, 5.74) is 9.92. The smallest absolute Gasteiger partial charge is 0.0622 e. The molecule has 0 saturated heterocycles. The Labute approximate surface area is 274 Å². The minimum absolute atomic E-state index is 0.471. The molecule has 1 aliphatic carbocycles. The van der Waals surface area contributed by atoms with Gasteiger partial charge in [-0.1, -0.05) is 176 Å². The van der Waals surface area contributed by atoms with E-state index in [1.807, 2.05) is 0 Å². The molecule has 0 spiro atoms. The third-order valence-electron chi connectivity index (χ3n) is 10.5. The van der Waals surface area contributed by atoms with Gasteiger partial charge in [-0.15, -0.1) is 0 Å². The molecule has 0 unspecified atom stereocenters. The molecule has 0 fully saturated rings. The molecular formula is C47H30. The normalized spacial score (nSPS) is 13.3. The molecule has 0 aromatic heterocycles. The molecule has 47 heavy (non-hydrogen) atoms. The van der Waals surface area contributed by atoms with Crippen molar-refractivity contribution in [2.45, 2.75) is 5.41 Å². The first-order valence-electron chi connectivity index (χ1n) is 16.4. The summed E-state index contributed by atoms with van der Waals surface area (Å²) in [5, 5.41) is 10.3. The lowest BCUT2D eigenvalue weighted by Crippen LogP contribution is -2.33. The van der Waals surface area contributed by atoms with E-state index in [1.165, 1.54) is 87.6 Å². The van der Waals surface area contributed by atoms with Gasteiger partial charge in [0.25, 0.3) is 0 Å². The average molecular weight is 595 g/mol. The standard InChI is InChI=1S/C47H30/c1-3-16-33(17-4-1)47(34-18-5-2-6-19-34)43-25-12-11-22-37(43)38-23-13-24-39-40(28-29-44(47)46(38)39)45-36-21-10-8-15-32(36)30-42-35-20-9-7-14-31(35)26-27-41(42)45/h1-30H. The first-order chi connectivity index (χ1) is 23.3. The lowest BCUT2D eigenvalue weighted by Gasteiger charge is -2.42. The first-order valence-corrected chi connectivity index (χ1v) is 16.4. The van der Waals surface area contributed by atoms with Crippen LogP contribution in [0.25, 0.3) is 65.3 Å². The highest BCUT2D eigenvalue weighted by atomic mass is 14.4. The van der Waals surface area contributed by atoms with E-state index in [0.29, 0.717) is 0 Å². The second-order valence-electron chi connectivity index (χ2n) is 12.8. The summed E-state index contributed by atoms with van der Waals surface area (Å²) in [6.07, 6.45) is 0. The van der Waals surface area contributed by atoms with E-state index in [4.69, 9.17) is 0 Å². The summed E-state index contributed by atoms with van der Waals surface area (Å²) >= 11 is 0. The Kier molecular flexibility index (Phi) is 5.59. The minimum atomic E-state index is -0.471. The van der Waals surface area contributed by atoms with Gasteiger partial charge in [0.2, 0.25) is 0 Å². The van der Waals surface area contributed by atoms with Crippen molar-refractivity contribution >= 4 is 43.1 Å². The minimum Gasteiger partial charge on any atom is -0.0622 e. The maximum absolute atomic E-state index is 2.44. The van der Waals surface area contributed by atoms with Crippen molar-refractivity contribution in [1.29, 1.82) is 0 Å². The highest BCUT2D eigenvalue weighted by Gasteiger charge is 2.44. The highest BCUT2D eigenvalue weighted by molar-refractivity contribution is 6.23. The molecule has 0 saturated carbocycles. The van der Waals surface area contributed by atoms with Crippen LogP contribution in [0.1, 0.15) is 22.3 Å². The van der Waals surface area contributed by atoms with Crippen molar-refractivity contribution in [3.63, 3.8) is 0 Å². The van der Waals surface area contributed by atoms with Gasteiger partial charge in [-0.05, 0) is 93.7 Å². The molecule has 0 N–H and O–H groups in total. The van der Waals surface area contributed by atoms with E-state index in [2.05, 4.69) is 182 Å². The van der Waals surface area contributed by atoms with Crippen LogP contribution in [0.15, 0.2) is 182 Å². The van der Waals surface area contributed by atoms with E-state index in [0.717, 1.165) is 0 Å². The van der Waals surface area contributed by atoms with Crippen LogP contribution in [-0.2, 0) is 5.41 Å². The molecular weight excluding hydrogens is 565 g/mol. The fraction of sp³-hybridized carbons (Fsp3) is 0.0213. The van der Waals surface area contributed by atoms with E-state index in [-0.39, 0.29) is 0 Å². The molecule has 0 heteroatoms. The average Bonchev–Trinajstić information content (AvgIpc) is 3.15. The molecule has 1 aliphatic rings. The van der Waals surface area contributed by atoms with Gasteiger partial charge < -0.3 is 0 Å². The van der Waals surface area contributed by atoms with Crippen LogP contribution in [0.3, 0.4) is 0 Å². The summed E-state index contributed by atoms with van der Waals surface area (Å²) < 4.78 is 0. The fourth-order valence-corrected chi connectivity index (χ4v) is 8.63. The zero-order valence-electron chi connectivity index (χ0n) is 25.8. The monoisotopic (exact) mass is 594 g/mol. The molecule has 0 amide bonds. The van der Waals surface area contributed by atoms with E-state index in [9.17, 15) is 0 Å². The van der Waals surface area contributed by atoms with Crippen LogP contribution >= 0.6 is 0 Å². The first kappa shape index (κ1) is 26.3. The fourth-order valence-electron chi connectivity index (χ4n) is 8.63. The number of benzene rings is 9. The van der Waals surface area contributed by atoms with Crippen LogP contribution in [0, 0.1) is 0 Å². The summed E-state index contributed by atoms with van der Waals surface area (Å²) in [5.74, 6) is 0. The zero-order valence-corrected chi connectivity index (χ0v) is 25.8. The number of hydrogen-bond donors (Lipinski definition) is 0. The molecule has 0 nitrogen and oxygen atoms in total. The molecule has 0 heterocycles. The quantitative estimate of drug-likeness (QED) is 0.141. The molecule has 0 radical (unpaired) electrons. The van der Waals surface area contributed by atoms with Crippen LogP contribution in [-0.4, -0.2) is 0 Å². The maximum atomic E-state index is 2.44. The van der Waals surface area contributed by atoms with Gasteiger partial charge in [0, 0.05) is 0 Å². The Morgan fingerprint density at radius 3 is 1.70 bits per heavy atom. The largest absolute Gasteiger partial charge is 0.0713 e. The Morgan fingerprint density at radius 1 is 0.298 bits per heavy atom. The predicted octanol–water partition coefficient (Wildman–Crippen LogP) is 12.3.